The average Bonchev–Trinajstić information content (AvgIpc) is 2.87. The number of hydrogen-bond donors (Lipinski definition) is 0. The fraction of sp³-hybridized carbons (Fsp3) is 0.278. The summed E-state index contributed by atoms with van der Waals surface area (Å²) < 4.78 is 2.54. The van der Waals surface area contributed by atoms with Crippen LogP contribution < -0.4 is 0 Å². The first-order chi connectivity index (χ1) is 9.13. The number of benzene rings is 2. The molecule has 0 radical (unpaired) electrons. The Hall–Kier alpha value is -1.89. The molecule has 2 aromatic rings. The number of nitrogens with zero attached hydrogens (tertiary/aromatic N) is 1. The predicted octanol–water partition coefficient (Wildman–Crippen LogP) is 4.42. The van der Waals surface area contributed by atoms with Crippen LogP contribution in [0.3, 0.4) is 0 Å². The molecule has 2 heterocycles. The van der Waals surface area contributed by atoms with E-state index in [2.05, 4.69) is 67.8 Å². The Morgan fingerprint density at radius 2 is 1.84 bits per heavy atom. The minimum absolute atomic E-state index is 0.171. The zero-order chi connectivity index (χ0) is 13.2. The Bertz CT molecular complexity index is 770. The van der Waals surface area contributed by atoms with Crippen LogP contribution in [0.2, 0.25) is 0 Å². The van der Waals surface area contributed by atoms with Crippen LogP contribution in [0.1, 0.15) is 32.8 Å². The maximum atomic E-state index is 2.54. The van der Waals surface area contributed by atoms with Gasteiger partial charge in [0.1, 0.15) is 0 Å². The molecule has 0 N–H and O–H groups in total. The van der Waals surface area contributed by atoms with E-state index in [0.29, 0.717) is 0 Å². The van der Waals surface area contributed by atoms with Crippen LogP contribution in [0, 0.1) is 0 Å². The summed E-state index contributed by atoms with van der Waals surface area (Å²) in [6, 6.07) is 13.3. The van der Waals surface area contributed by atoms with Crippen LogP contribution >= 0.6 is 0 Å². The first kappa shape index (κ1) is 11.0. The molecule has 2 aliphatic rings. The summed E-state index contributed by atoms with van der Waals surface area (Å²) in [6.45, 7) is 6.84. The molecule has 1 heteroatoms. The van der Waals surface area contributed by atoms with Gasteiger partial charge in [-0.25, -0.2) is 0 Å². The van der Waals surface area contributed by atoms with E-state index in [0.717, 1.165) is 6.42 Å². The minimum atomic E-state index is 0.171. The van der Waals surface area contributed by atoms with Gasteiger partial charge in [-0.2, -0.15) is 4.58 Å². The zero-order valence-corrected chi connectivity index (χ0v) is 11.7. The highest BCUT2D eigenvalue weighted by Crippen LogP contribution is 2.46. The molecule has 0 amide bonds. The first-order valence-electron chi connectivity index (χ1n) is 6.98. The van der Waals surface area contributed by atoms with E-state index >= 15 is 0 Å². The van der Waals surface area contributed by atoms with Crippen molar-refractivity contribution in [3.63, 3.8) is 0 Å². The number of hydrogen-bond acceptors (Lipinski definition) is 0. The van der Waals surface area contributed by atoms with E-state index in [1.807, 2.05) is 0 Å². The molecular weight excluding hydrogens is 230 g/mol. The van der Waals surface area contributed by atoms with Gasteiger partial charge in [0.15, 0.2) is 5.54 Å². The van der Waals surface area contributed by atoms with Gasteiger partial charge in [-0.05, 0) is 18.4 Å². The fourth-order valence-corrected chi connectivity index (χ4v) is 3.76. The van der Waals surface area contributed by atoms with Crippen molar-refractivity contribution in [2.24, 2.45) is 0 Å². The lowest BCUT2D eigenvalue weighted by molar-refractivity contribution is -0.512. The molecule has 0 bridgehead atoms. The molecule has 0 unspecified atom stereocenters. The average molecular weight is 248 g/mol. The molecule has 0 saturated carbocycles. The summed E-state index contributed by atoms with van der Waals surface area (Å²) in [5.41, 5.74) is 5.87. The van der Waals surface area contributed by atoms with Gasteiger partial charge >= 0.3 is 0 Å². The molecule has 2 aromatic carbocycles. The van der Waals surface area contributed by atoms with Crippen molar-refractivity contribution in [1.82, 2.24) is 0 Å². The second-order valence-corrected chi connectivity index (χ2v) is 6.17. The van der Waals surface area contributed by atoms with Crippen LogP contribution in [0.15, 0.2) is 48.0 Å². The highest BCUT2D eigenvalue weighted by atomic mass is 15.1. The summed E-state index contributed by atoms with van der Waals surface area (Å²) >= 11 is 0. The topological polar surface area (TPSA) is 3.01 Å². The standard InChI is InChI=1S/C18H18N/c1-4-12-11-18(2,3)19-15-10-6-8-13-7-5-9-14(16(13)15)17(12)19/h4-10H,11H2,1-3H3/q+1. The van der Waals surface area contributed by atoms with Gasteiger partial charge < -0.3 is 0 Å². The lowest BCUT2D eigenvalue weighted by Crippen LogP contribution is -2.28. The monoisotopic (exact) mass is 248 g/mol. The van der Waals surface area contributed by atoms with E-state index in [-0.39, 0.29) is 5.54 Å². The highest BCUT2D eigenvalue weighted by molar-refractivity contribution is 6.22. The predicted molar refractivity (Wildman–Crippen MR) is 80.4 cm³/mol. The third-order valence-electron chi connectivity index (χ3n) is 4.48. The summed E-state index contributed by atoms with van der Waals surface area (Å²) in [4.78, 5) is 0. The first-order valence-corrected chi connectivity index (χ1v) is 6.98. The largest absolute Gasteiger partial charge is 0.217 e. The van der Waals surface area contributed by atoms with Crippen molar-refractivity contribution in [2.45, 2.75) is 32.7 Å². The second-order valence-electron chi connectivity index (χ2n) is 6.17. The van der Waals surface area contributed by atoms with Gasteiger partial charge in [0.25, 0.3) is 0 Å². The summed E-state index contributed by atoms with van der Waals surface area (Å²) in [5, 5.41) is 2.77. The minimum Gasteiger partial charge on any atom is -0.186 e. The smallest absolute Gasteiger partial charge is 0.186 e. The van der Waals surface area contributed by atoms with Crippen molar-refractivity contribution in [1.29, 1.82) is 0 Å². The van der Waals surface area contributed by atoms with Gasteiger partial charge in [-0.3, -0.25) is 0 Å². The Labute approximate surface area is 113 Å². The van der Waals surface area contributed by atoms with Gasteiger partial charge in [0.2, 0.25) is 11.4 Å². The highest BCUT2D eigenvalue weighted by Gasteiger charge is 2.49. The van der Waals surface area contributed by atoms with E-state index in [1.165, 1.54) is 33.3 Å². The number of allylic oxidation sites excluding steroid dienone is 1. The van der Waals surface area contributed by atoms with Gasteiger partial charge in [-0.1, -0.05) is 30.3 Å². The molecule has 0 fully saturated rings. The van der Waals surface area contributed by atoms with Crippen molar-refractivity contribution < 1.29 is 4.58 Å². The summed E-state index contributed by atoms with van der Waals surface area (Å²) in [7, 11) is 0. The molecular formula is C18H18N+. The normalized spacial score (nSPS) is 21.5. The molecule has 0 aromatic heterocycles. The van der Waals surface area contributed by atoms with Crippen LogP contribution in [0.25, 0.3) is 10.8 Å². The van der Waals surface area contributed by atoms with Crippen molar-refractivity contribution in [3.8, 4) is 0 Å². The van der Waals surface area contributed by atoms with Crippen LogP contribution in [0.4, 0.5) is 5.69 Å². The fourth-order valence-electron chi connectivity index (χ4n) is 3.76. The van der Waals surface area contributed by atoms with Gasteiger partial charge in [0, 0.05) is 31.9 Å². The van der Waals surface area contributed by atoms with Gasteiger partial charge in [0.05, 0.1) is 10.9 Å². The Morgan fingerprint density at radius 1 is 1.11 bits per heavy atom. The quantitative estimate of drug-likeness (QED) is 0.607. The second kappa shape index (κ2) is 3.36. The molecule has 94 valence electrons. The van der Waals surface area contributed by atoms with E-state index in [4.69, 9.17) is 0 Å². The Morgan fingerprint density at radius 3 is 2.58 bits per heavy atom. The van der Waals surface area contributed by atoms with Crippen molar-refractivity contribution in [3.05, 3.63) is 53.6 Å². The summed E-state index contributed by atoms with van der Waals surface area (Å²) in [5.74, 6) is 0. The molecule has 0 spiro atoms. The molecule has 1 nitrogen and oxygen atoms in total. The molecule has 0 atom stereocenters. The molecule has 0 saturated heterocycles. The van der Waals surface area contributed by atoms with Crippen molar-refractivity contribution in [2.75, 3.05) is 0 Å². The Kier molecular flexibility index (Phi) is 1.94. The van der Waals surface area contributed by atoms with Crippen LogP contribution in [0.5, 0.6) is 0 Å². The molecule has 19 heavy (non-hydrogen) atoms. The van der Waals surface area contributed by atoms with E-state index in [9.17, 15) is 0 Å². The van der Waals surface area contributed by atoms with E-state index in [1.54, 1.807) is 0 Å². The lowest BCUT2D eigenvalue weighted by atomic mass is 9.92. The maximum absolute atomic E-state index is 2.54. The van der Waals surface area contributed by atoms with Gasteiger partial charge in [-0.15, -0.1) is 0 Å². The third-order valence-corrected chi connectivity index (χ3v) is 4.48. The molecule has 4 rings (SSSR count). The maximum Gasteiger partial charge on any atom is 0.217 e. The molecule has 2 aliphatic heterocycles. The number of rotatable bonds is 0. The molecule has 0 aliphatic carbocycles. The lowest BCUT2D eigenvalue weighted by Gasteiger charge is -2.15. The third kappa shape index (κ3) is 1.23. The van der Waals surface area contributed by atoms with Crippen LogP contribution in [-0.4, -0.2) is 15.8 Å². The Balaban J connectivity index is 2.18. The van der Waals surface area contributed by atoms with Crippen LogP contribution in [-0.2, 0) is 0 Å². The van der Waals surface area contributed by atoms with E-state index < -0.39 is 0 Å². The SMILES string of the molecule is CC=C1CC(C)(C)[N+]2=C1c1cccc3cccc2c13. The zero-order valence-electron chi connectivity index (χ0n) is 11.7. The number of fused-ring (bicyclic) bond motifs is 2. The summed E-state index contributed by atoms with van der Waals surface area (Å²) in [6.07, 6.45) is 3.41. The van der Waals surface area contributed by atoms with Crippen molar-refractivity contribution >= 4 is 22.2 Å².